The van der Waals surface area contributed by atoms with E-state index in [1.54, 1.807) is 50.4 Å². The van der Waals surface area contributed by atoms with Crippen LogP contribution in [0.2, 0.25) is 0 Å². The number of nitrogens with zero attached hydrogens (tertiary/aromatic N) is 2. The Morgan fingerprint density at radius 1 is 1.17 bits per heavy atom. The van der Waals surface area contributed by atoms with Crippen molar-refractivity contribution < 1.29 is 27.5 Å². The summed E-state index contributed by atoms with van der Waals surface area (Å²) in [6.07, 6.45) is 0. The van der Waals surface area contributed by atoms with Gasteiger partial charge in [-0.15, -0.1) is 4.40 Å². The SMILES string of the molecule is COC(=O)COc1ccc(NC(=O)CN(C)C2=NS(=O)(=O)c3ccccc32)c(C)c1. The van der Waals surface area contributed by atoms with E-state index in [2.05, 4.69) is 14.5 Å². The summed E-state index contributed by atoms with van der Waals surface area (Å²) < 4.78 is 38.0. The van der Waals surface area contributed by atoms with E-state index >= 15 is 0 Å². The van der Waals surface area contributed by atoms with E-state index in [0.717, 1.165) is 5.56 Å². The zero-order chi connectivity index (χ0) is 21.9. The quantitative estimate of drug-likeness (QED) is 0.691. The second-order valence-corrected chi connectivity index (χ2v) is 8.20. The summed E-state index contributed by atoms with van der Waals surface area (Å²) in [5.41, 5.74) is 1.77. The molecule has 0 aromatic heterocycles. The Labute approximate surface area is 174 Å². The average molecular weight is 431 g/mol. The fourth-order valence-electron chi connectivity index (χ4n) is 2.91. The van der Waals surface area contributed by atoms with Gasteiger partial charge in [0.1, 0.15) is 10.6 Å². The van der Waals surface area contributed by atoms with Gasteiger partial charge in [0, 0.05) is 18.3 Å². The first-order chi connectivity index (χ1) is 14.2. The molecule has 0 spiro atoms. The van der Waals surface area contributed by atoms with Gasteiger partial charge in [0.05, 0.1) is 13.7 Å². The molecule has 0 bridgehead atoms. The first-order valence-electron chi connectivity index (χ1n) is 8.97. The van der Waals surface area contributed by atoms with Gasteiger partial charge in [-0.2, -0.15) is 8.42 Å². The lowest BCUT2D eigenvalue weighted by Gasteiger charge is -2.19. The molecule has 1 N–H and O–H groups in total. The number of sulfonamides is 1. The molecule has 30 heavy (non-hydrogen) atoms. The summed E-state index contributed by atoms with van der Waals surface area (Å²) in [6, 6.07) is 11.5. The van der Waals surface area contributed by atoms with Crippen molar-refractivity contribution >= 4 is 33.4 Å². The molecule has 2 aromatic rings. The monoisotopic (exact) mass is 431 g/mol. The molecule has 0 saturated carbocycles. The molecule has 1 aliphatic heterocycles. The first kappa shape index (κ1) is 21.3. The van der Waals surface area contributed by atoms with Crippen LogP contribution in [0.15, 0.2) is 51.8 Å². The van der Waals surface area contributed by atoms with Crippen molar-refractivity contribution in [2.75, 3.05) is 32.6 Å². The fourth-order valence-corrected chi connectivity index (χ4v) is 4.16. The highest BCUT2D eigenvalue weighted by Crippen LogP contribution is 2.27. The molecule has 158 valence electrons. The van der Waals surface area contributed by atoms with Crippen LogP contribution in [0, 0.1) is 6.92 Å². The molecule has 1 amide bonds. The molecule has 9 nitrogen and oxygen atoms in total. The van der Waals surface area contributed by atoms with Crippen LogP contribution in [-0.2, 0) is 24.3 Å². The van der Waals surface area contributed by atoms with E-state index in [4.69, 9.17) is 4.74 Å². The van der Waals surface area contributed by atoms with Crippen LogP contribution < -0.4 is 10.1 Å². The van der Waals surface area contributed by atoms with Crippen molar-refractivity contribution in [1.82, 2.24) is 4.90 Å². The van der Waals surface area contributed by atoms with Crippen LogP contribution in [0.3, 0.4) is 0 Å². The predicted molar refractivity (Wildman–Crippen MR) is 110 cm³/mol. The van der Waals surface area contributed by atoms with Gasteiger partial charge in [-0.25, -0.2) is 4.79 Å². The van der Waals surface area contributed by atoms with Crippen molar-refractivity contribution in [1.29, 1.82) is 0 Å². The second kappa shape index (κ2) is 8.54. The summed E-state index contributed by atoms with van der Waals surface area (Å²) in [6.45, 7) is 1.48. The van der Waals surface area contributed by atoms with Gasteiger partial charge < -0.3 is 19.7 Å². The molecule has 0 atom stereocenters. The smallest absolute Gasteiger partial charge is 0.343 e. The number of anilines is 1. The van der Waals surface area contributed by atoms with Crippen LogP contribution in [0.4, 0.5) is 5.69 Å². The van der Waals surface area contributed by atoms with E-state index in [0.29, 0.717) is 17.0 Å². The van der Waals surface area contributed by atoms with Gasteiger partial charge >= 0.3 is 5.97 Å². The molecular weight excluding hydrogens is 410 g/mol. The van der Waals surface area contributed by atoms with Crippen molar-refractivity contribution in [3.63, 3.8) is 0 Å². The summed E-state index contributed by atoms with van der Waals surface area (Å²) >= 11 is 0. The number of benzene rings is 2. The lowest BCUT2D eigenvalue weighted by Crippen LogP contribution is -2.35. The third kappa shape index (κ3) is 4.60. The summed E-state index contributed by atoms with van der Waals surface area (Å²) in [7, 11) is -0.872. The predicted octanol–water partition coefficient (Wildman–Crippen LogP) is 1.57. The van der Waals surface area contributed by atoms with Crippen LogP contribution in [0.5, 0.6) is 5.75 Å². The number of rotatable bonds is 6. The molecule has 3 rings (SSSR count). The molecule has 10 heteroatoms. The largest absolute Gasteiger partial charge is 0.482 e. The van der Waals surface area contributed by atoms with Gasteiger partial charge in [-0.05, 0) is 42.8 Å². The van der Waals surface area contributed by atoms with E-state index < -0.39 is 16.0 Å². The number of amidine groups is 1. The van der Waals surface area contributed by atoms with Gasteiger partial charge in [0.25, 0.3) is 10.0 Å². The van der Waals surface area contributed by atoms with Crippen LogP contribution in [0.1, 0.15) is 11.1 Å². The van der Waals surface area contributed by atoms with Crippen LogP contribution in [-0.4, -0.2) is 58.3 Å². The molecule has 0 aliphatic carbocycles. The third-order valence-corrected chi connectivity index (χ3v) is 5.74. The summed E-state index contributed by atoms with van der Waals surface area (Å²) in [5, 5.41) is 2.78. The first-order valence-corrected chi connectivity index (χ1v) is 10.4. The lowest BCUT2D eigenvalue weighted by atomic mass is 10.2. The number of ether oxygens (including phenoxy) is 2. The minimum Gasteiger partial charge on any atom is -0.482 e. The normalized spacial score (nSPS) is 13.8. The topological polar surface area (TPSA) is 114 Å². The molecule has 0 radical (unpaired) electrons. The number of nitrogens with one attached hydrogen (secondary N) is 1. The lowest BCUT2D eigenvalue weighted by molar-refractivity contribution is -0.142. The second-order valence-electron chi connectivity index (χ2n) is 6.63. The van der Waals surface area contributed by atoms with E-state index in [1.165, 1.54) is 18.1 Å². The number of carbonyl (C=O) groups excluding carboxylic acids is 2. The Morgan fingerprint density at radius 3 is 2.60 bits per heavy atom. The minimum absolute atomic E-state index is 0.0945. The highest BCUT2D eigenvalue weighted by molar-refractivity contribution is 7.90. The number of likely N-dealkylation sites (N-methyl/N-ethyl adjacent to an activating group) is 1. The number of carbonyl (C=O) groups is 2. The Morgan fingerprint density at radius 2 is 1.90 bits per heavy atom. The average Bonchev–Trinajstić information content (AvgIpc) is 2.99. The Kier molecular flexibility index (Phi) is 6.06. The minimum atomic E-state index is -3.75. The Balaban J connectivity index is 1.65. The fraction of sp³-hybridized carbons (Fsp3) is 0.250. The summed E-state index contributed by atoms with van der Waals surface area (Å²) in [5.74, 6) is -0.140. The Hall–Kier alpha value is -3.40. The number of methoxy groups -OCH3 is 1. The molecule has 0 saturated heterocycles. The van der Waals surface area contributed by atoms with Crippen molar-refractivity contribution in [3.05, 3.63) is 53.6 Å². The molecule has 0 fully saturated rings. The number of hydrogen-bond donors (Lipinski definition) is 1. The van der Waals surface area contributed by atoms with E-state index in [9.17, 15) is 18.0 Å². The van der Waals surface area contributed by atoms with E-state index in [1.807, 2.05) is 0 Å². The maximum atomic E-state index is 12.5. The van der Waals surface area contributed by atoms with E-state index in [-0.39, 0.29) is 29.8 Å². The van der Waals surface area contributed by atoms with Crippen LogP contribution >= 0.6 is 0 Å². The summed E-state index contributed by atoms with van der Waals surface area (Å²) in [4.78, 5) is 25.3. The number of fused-ring (bicyclic) bond motifs is 1. The Bertz CT molecular complexity index is 1130. The number of hydrogen-bond acceptors (Lipinski definition) is 7. The van der Waals surface area contributed by atoms with Crippen molar-refractivity contribution in [3.8, 4) is 5.75 Å². The molecule has 1 heterocycles. The van der Waals surface area contributed by atoms with Gasteiger partial charge in [0.2, 0.25) is 5.91 Å². The zero-order valence-electron chi connectivity index (χ0n) is 16.7. The number of aryl methyl sites for hydroxylation is 1. The van der Waals surface area contributed by atoms with Crippen LogP contribution in [0.25, 0.3) is 0 Å². The third-order valence-electron chi connectivity index (χ3n) is 4.41. The zero-order valence-corrected chi connectivity index (χ0v) is 17.5. The molecule has 2 aromatic carbocycles. The maximum absolute atomic E-state index is 12.5. The standard InChI is InChI=1S/C20H21N3O6S/c1-13-10-14(29-12-19(25)28-3)8-9-16(13)21-18(24)11-23(2)20-15-6-4-5-7-17(15)30(26,27)22-20/h4-10H,11-12H2,1-3H3,(H,21,24). The highest BCUT2D eigenvalue weighted by atomic mass is 32.2. The number of amides is 1. The molecule has 1 aliphatic rings. The maximum Gasteiger partial charge on any atom is 0.343 e. The van der Waals surface area contributed by atoms with Gasteiger partial charge in [-0.3, -0.25) is 4.79 Å². The molecule has 0 unspecified atom stereocenters. The van der Waals surface area contributed by atoms with Gasteiger partial charge in [-0.1, -0.05) is 12.1 Å². The number of esters is 1. The molecular formula is C20H21N3O6S. The van der Waals surface area contributed by atoms with Gasteiger partial charge in [0.15, 0.2) is 12.4 Å². The highest BCUT2D eigenvalue weighted by Gasteiger charge is 2.30. The van der Waals surface area contributed by atoms with Crippen molar-refractivity contribution in [2.24, 2.45) is 4.40 Å². The van der Waals surface area contributed by atoms with Crippen molar-refractivity contribution in [2.45, 2.75) is 11.8 Å².